The summed E-state index contributed by atoms with van der Waals surface area (Å²) in [6, 6.07) is 6.83. The van der Waals surface area contributed by atoms with Crippen LogP contribution in [-0.4, -0.2) is 52.2 Å². The molecule has 6 nitrogen and oxygen atoms in total. The molecule has 2 saturated heterocycles. The van der Waals surface area contributed by atoms with Crippen LogP contribution >= 0.6 is 23.5 Å². The van der Waals surface area contributed by atoms with Crippen LogP contribution in [-0.2, 0) is 19.1 Å². The van der Waals surface area contributed by atoms with Gasteiger partial charge in [-0.15, -0.1) is 23.5 Å². The minimum atomic E-state index is -0.601. The van der Waals surface area contributed by atoms with E-state index in [-0.39, 0.29) is 17.4 Å². The molecule has 1 aromatic carbocycles. The molecule has 2 amide bonds. The predicted octanol–water partition coefficient (Wildman–Crippen LogP) is 2.34. The van der Waals surface area contributed by atoms with Gasteiger partial charge in [-0.2, -0.15) is 0 Å². The predicted molar refractivity (Wildman–Crippen MR) is 98.5 cm³/mol. The van der Waals surface area contributed by atoms with Crippen molar-refractivity contribution >= 4 is 47.0 Å². The highest BCUT2D eigenvalue weighted by Crippen LogP contribution is 2.47. The third kappa shape index (κ3) is 3.64. The Labute approximate surface area is 155 Å². The Kier molecular flexibility index (Phi) is 5.29. The summed E-state index contributed by atoms with van der Waals surface area (Å²) in [5.41, 5.74) is 0.690. The van der Waals surface area contributed by atoms with Gasteiger partial charge in [0.15, 0.2) is 6.61 Å². The van der Waals surface area contributed by atoms with Crippen molar-refractivity contribution in [2.75, 3.05) is 23.9 Å². The number of para-hydroxylation sites is 1. The highest BCUT2D eigenvalue weighted by molar-refractivity contribution is 8.01. The Morgan fingerprint density at radius 3 is 2.96 bits per heavy atom. The number of rotatable bonds is 5. The zero-order chi connectivity index (χ0) is 18.0. The monoisotopic (exact) mass is 380 g/mol. The van der Waals surface area contributed by atoms with Crippen molar-refractivity contribution in [2.45, 2.75) is 35.6 Å². The number of hydrogen-bond donors (Lipinski definition) is 1. The molecule has 1 aromatic rings. The third-order valence-corrected chi connectivity index (χ3v) is 6.74. The normalized spacial score (nSPS) is 25.0. The number of carbonyl (C=O) groups excluding carboxylic acids is 3. The van der Waals surface area contributed by atoms with Crippen LogP contribution < -0.4 is 5.32 Å². The maximum absolute atomic E-state index is 12.3. The molecule has 0 aromatic heterocycles. The van der Waals surface area contributed by atoms with E-state index in [0.717, 1.165) is 11.3 Å². The molecule has 2 fully saturated rings. The van der Waals surface area contributed by atoms with Crippen molar-refractivity contribution in [3.8, 4) is 0 Å². The van der Waals surface area contributed by atoms with Crippen molar-refractivity contribution in [1.29, 1.82) is 0 Å². The zero-order valence-electron chi connectivity index (χ0n) is 14.1. The van der Waals surface area contributed by atoms with E-state index in [0.29, 0.717) is 17.9 Å². The number of fused-ring (bicyclic) bond motifs is 1. The fourth-order valence-corrected chi connectivity index (χ4v) is 5.13. The summed E-state index contributed by atoms with van der Waals surface area (Å²) in [5, 5.41) is 2.75. The Morgan fingerprint density at radius 2 is 2.20 bits per heavy atom. The first-order chi connectivity index (χ1) is 11.9. The molecule has 3 rings (SSSR count). The number of nitrogens with zero attached hydrogens (tertiary/aromatic N) is 1. The topological polar surface area (TPSA) is 75.7 Å². The smallest absolute Gasteiger partial charge is 0.330 e. The molecule has 134 valence electrons. The number of amides is 2. The summed E-state index contributed by atoms with van der Waals surface area (Å²) in [7, 11) is 0. The number of ether oxygens (including phenoxy) is 1. The van der Waals surface area contributed by atoms with Gasteiger partial charge in [-0.05, 0) is 31.7 Å². The van der Waals surface area contributed by atoms with Gasteiger partial charge >= 0.3 is 5.97 Å². The molecule has 8 heteroatoms. The molecule has 1 N–H and O–H groups in total. The van der Waals surface area contributed by atoms with Crippen LogP contribution in [0, 0.1) is 0 Å². The molecule has 0 spiro atoms. The van der Waals surface area contributed by atoms with E-state index in [9.17, 15) is 14.4 Å². The van der Waals surface area contributed by atoms with Crippen molar-refractivity contribution in [2.24, 2.45) is 0 Å². The molecule has 25 heavy (non-hydrogen) atoms. The first-order valence-corrected chi connectivity index (χ1v) is 10.2. The molecular formula is C17H20N2O4S2. The number of anilines is 1. The highest BCUT2D eigenvalue weighted by atomic mass is 32.2. The van der Waals surface area contributed by atoms with Crippen molar-refractivity contribution < 1.29 is 19.1 Å². The SMILES string of the molecule is CSc1ccccc1NC(=O)COC(=O)[C@H]1CS[C@@]2(C)CCC(=O)N12. The Bertz CT molecular complexity index is 712. The largest absolute Gasteiger partial charge is 0.454 e. The standard InChI is InChI=1S/C17H20N2O4S2/c1-17-8-7-15(21)19(17)12(10-25-17)16(22)23-9-14(20)18-11-5-3-4-6-13(11)24-2/h3-6,12H,7-10H2,1-2H3,(H,18,20)/t12-,17+/m1/s1. The van der Waals surface area contributed by atoms with E-state index in [1.54, 1.807) is 22.7 Å². The molecule has 0 unspecified atom stereocenters. The van der Waals surface area contributed by atoms with Crippen molar-refractivity contribution in [3.63, 3.8) is 0 Å². The maximum Gasteiger partial charge on any atom is 0.330 e. The van der Waals surface area contributed by atoms with Gasteiger partial charge in [-0.3, -0.25) is 9.59 Å². The van der Waals surface area contributed by atoms with E-state index in [4.69, 9.17) is 4.74 Å². The highest BCUT2D eigenvalue weighted by Gasteiger charge is 2.53. The lowest BCUT2D eigenvalue weighted by molar-refractivity contribution is -0.155. The molecule has 2 atom stereocenters. The molecule has 0 aliphatic carbocycles. The summed E-state index contributed by atoms with van der Waals surface area (Å²) in [4.78, 5) is 38.7. The number of carbonyl (C=O) groups is 3. The first kappa shape index (κ1) is 18.1. The fourth-order valence-electron chi connectivity index (χ4n) is 3.16. The van der Waals surface area contributed by atoms with E-state index < -0.39 is 17.9 Å². The minimum Gasteiger partial charge on any atom is -0.454 e. The first-order valence-electron chi connectivity index (χ1n) is 8.00. The van der Waals surface area contributed by atoms with Gasteiger partial charge in [0.05, 0.1) is 10.6 Å². The second kappa shape index (κ2) is 7.29. The maximum atomic E-state index is 12.3. The van der Waals surface area contributed by atoms with Gasteiger partial charge in [-0.1, -0.05) is 12.1 Å². The van der Waals surface area contributed by atoms with Crippen LogP contribution in [0.25, 0.3) is 0 Å². The van der Waals surface area contributed by atoms with E-state index >= 15 is 0 Å². The summed E-state index contributed by atoms with van der Waals surface area (Å²) >= 11 is 3.12. The van der Waals surface area contributed by atoms with Gasteiger partial charge in [0, 0.05) is 17.1 Å². The van der Waals surface area contributed by atoms with Gasteiger partial charge in [0.2, 0.25) is 5.91 Å². The van der Waals surface area contributed by atoms with Crippen molar-refractivity contribution in [1.82, 2.24) is 4.90 Å². The number of thioether (sulfide) groups is 2. The van der Waals surface area contributed by atoms with E-state index in [1.807, 2.05) is 31.4 Å². The van der Waals surface area contributed by atoms with Gasteiger partial charge in [-0.25, -0.2) is 4.79 Å². The van der Waals surface area contributed by atoms with Crippen LogP contribution in [0.2, 0.25) is 0 Å². The summed E-state index contributed by atoms with van der Waals surface area (Å²) in [6.07, 6.45) is 3.12. The quantitative estimate of drug-likeness (QED) is 0.624. The summed E-state index contributed by atoms with van der Waals surface area (Å²) in [6.45, 7) is 1.61. The molecule has 0 radical (unpaired) electrons. The molecule has 0 saturated carbocycles. The fraction of sp³-hybridized carbons (Fsp3) is 0.471. The lowest BCUT2D eigenvalue weighted by atomic mass is 10.2. The van der Waals surface area contributed by atoms with Crippen LogP contribution in [0.1, 0.15) is 19.8 Å². The van der Waals surface area contributed by atoms with Gasteiger partial charge < -0.3 is 15.0 Å². The molecular weight excluding hydrogens is 360 g/mol. The van der Waals surface area contributed by atoms with E-state index in [2.05, 4.69) is 5.32 Å². The number of esters is 1. The van der Waals surface area contributed by atoms with Crippen LogP contribution in [0.15, 0.2) is 29.2 Å². The second-order valence-electron chi connectivity index (χ2n) is 6.12. The second-order valence-corrected chi connectivity index (χ2v) is 8.47. The molecule has 2 aliphatic heterocycles. The molecule has 2 aliphatic rings. The molecule has 0 bridgehead atoms. The summed E-state index contributed by atoms with van der Waals surface area (Å²) < 4.78 is 5.17. The van der Waals surface area contributed by atoms with E-state index in [1.165, 1.54) is 11.8 Å². The number of nitrogens with one attached hydrogen (secondary N) is 1. The van der Waals surface area contributed by atoms with Crippen molar-refractivity contribution in [3.05, 3.63) is 24.3 Å². The average molecular weight is 380 g/mol. The molecule has 2 heterocycles. The summed E-state index contributed by atoms with van der Waals surface area (Å²) in [5.74, 6) is -0.415. The number of hydrogen-bond acceptors (Lipinski definition) is 6. The van der Waals surface area contributed by atoms with Crippen LogP contribution in [0.5, 0.6) is 0 Å². The van der Waals surface area contributed by atoms with Crippen LogP contribution in [0.3, 0.4) is 0 Å². The Morgan fingerprint density at radius 1 is 1.44 bits per heavy atom. The average Bonchev–Trinajstić information content (AvgIpc) is 3.09. The van der Waals surface area contributed by atoms with Crippen LogP contribution in [0.4, 0.5) is 5.69 Å². The van der Waals surface area contributed by atoms with Gasteiger partial charge in [0.25, 0.3) is 5.91 Å². The zero-order valence-corrected chi connectivity index (χ0v) is 15.7. The Balaban J connectivity index is 1.56. The number of benzene rings is 1. The lowest BCUT2D eigenvalue weighted by Gasteiger charge is -2.29. The van der Waals surface area contributed by atoms with Gasteiger partial charge in [0.1, 0.15) is 6.04 Å². The lowest BCUT2D eigenvalue weighted by Crippen LogP contribution is -2.47. The minimum absolute atomic E-state index is 0.0206. The Hall–Kier alpha value is -1.67. The third-order valence-electron chi connectivity index (χ3n) is 4.44.